The van der Waals surface area contributed by atoms with E-state index in [-0.39, 0.29) is 5.91 Å². The molecule has 150 valence electrons. The highest BCUT2D eigenvalue weighted by Gasteiger charge is 2.38. The van der Waals surface area contributed by atoms with Crippen LogP contribution in [0.15, 0.2) is 54.7 Å². The molecule has 1 amide bonds. The summed E-state index contributed by atoms with van der Waals surface area (Å²) in [7, 11) is 0. The summed E-state index contributed by atoms with van der Waals surface area (Å²) in [5.74, 6) is -2.78. The van der Waals surface area contributed by atoms with E-state index < -0.39 is 12.1 Å². The van der Waals surface area contributed by atoms with E-state index in [9.17, 15) is 18.0 Å². The number of nitrogens with one attached hydrogen (secondary N) is 2. The van der Waals surface area contributed by atoms with Crippen LogP contribution >= 0.6 is 0 Å². The van der Waals surface area contributed by atoms with Gasteiger partial charge in [0.2, 0.25) is 0 Å². The number of carbonyl (C=O) groups excluding carboxylic acids is 1. The number of carboxylic acid groups (broad SMARTS) is 1. The standard InChI is InChI=1S/C18H15N3O.C2HF3O2/c22-18-17-14(7-9-20-18)11-16(21-17)13-6-8-19-15(10-13)12-4-2-1-3-5-12;3-2(4,5)1(6)7/h1-6,8,10-11,21H,7,9H2,(H,20,22);(H,6,7). The number of fused-ring (bicyclic) bond motifs is 1. The minimum Gasteiger partial charge on any atom is -0.475 e. The molecule has 0 saturated heterocycles. The van der Waals surface area contributed by atoms with Gasteiger partial charge in [0.15, 0.2) is 0 Å². The molecule has 2 aromatic heterocycles. The number of aliphatic carboxylic acids is 1. The Morgan fingerprint density at radius 3 is 2.38 bits per heavy atom. The Balaban J connectivity index is 0.000000298. The third kappa shape index (κ3) is 4.81. The first-order chi connectivity index (χ1) is 13.8. The van der Waals surface area contributed by atoms with Gasteiger partial charge >= 0.3 is 12.1 Å². The summed E-state index contributed by atoms with van der Waals surface area (Å²) >= 11 is 0. The number of carbonyl (C=O) groups is 2. The number of benzene rings is 1. The lowest BCUT2D eigenvalue weighted by molar-refractivity contribution is -0.192. The number of amides is 1. The predicted octanol–water partition coefficient (Wildman–Crippen LogP) is 3.66. The second-order valence-electron chi connectivity index (χ2n) is 6.19. The highest BCUT2D eigenvalue weighted by molar-refractivity contribution is 5.96. The molecule has 0 atom stereocenters. The van der Waals surface area contributed by atoms with Gasteiger partial charge in [0, 0.05) is 29.6 Å². The van der Waals surface area contributed by atoms with E-state index in [1.807, 2.05) is 42.5 Å². The Hall–Kier alpha value is -3.62. The Labute approximate surface area is 163 Å². The number of aromatic amines is 1. The SMILES string of the molecule is O=C(O)C(F)(F)F.O=C1NCCc2cc(-c3ccnc(-c4ccccc4)c3)[nH]c21. The number of carboxylic acids is 1. The highest BCUT2D eigenvalue weighted by Crippen LogP contribution is 2.27. The molecule has 29 heavy (non-hydrogen) atoms. The first-order valence-corrected chi connectivity index (χ1v) is 8.58. The lowest BCUT2D eigenvalue weighted by Crippen LogP contribution is -2.31. The molecule has 3 heterocycles. The molecule has 0 bridgehead atoms. The van der Waals surface area contributed by atoms with E-state index in [0.29, 0.717) is 12.2 Å². The average molecular weight is 403 g/mol. The van der Waals surface area contributed by atoms with Gasteiger partial charge in [-0.1, -0.05) is 30.3 Å². The molecule has 1 aromatic carbocycles. The number of nitrogens with zero attached hydrogens (tertiary/aromatic N) is 1. The van der Waals surface area contributed by atoms with Gasteiger partial charge in [-0.25, -0.2) is 4.79 Å². The van der Waals surface area contributed by atoms with E-state index in [4.69, 9.17) is 9.90 Å². The molecule has 0 unspecified atom stereocenters. The van der Waals surface area contributed by atoms with Crippen LogP contribution in [0.3, 0.4) is 0 Å². The molecule has 1 aliphatic heterocycles. The molecule has 1 aliphatic rings. The van der Waals surface area contributed by atoms with Crippen molar-refractivity contribution < 1.29 is 27.9 Å². The molecule has 0 spiro atoms. The molecule has 0 radical (unpaired) electrons. The van der Waals surface area contributed by atoms with E-state index >= 15 is 0 Å². The Kier molecular flexibility index (Phi) is 5.67. The average Bonchev–Trinajstić information content (AvgIpc) is 3.14. The first kappa shape index (κ1) is 20.1. The topological polar surface area (TPSA) is 95.1 Å². The van der Waals surface area contributed by atoms with Gasteiger partial charge in [0.25, 0.3) is 5.91 Å². The van der Waals surface area contributed by atoms with E-state index in [1.165, 1.54) is 0 Å². The van der Waals surface area contributed by atoms with Crippen molar-refractivity contribution in [2.45, 2.75) is 12.6 Å². The van der Waals surface area contributed by atoms with Gasteiger partial charge in [-0.3, -0.25) is 9.78 Å². The van der Waals surface area contributed by atoms with Crippen LogP contribution in [0.4, 0.5) is 13.2 Å². The summed E-state index contributed by atoms with van der Waals surface area (Å²) < 4.78 is 31.7. The Morgan fingerprint density at radius 1 is 1.07 bits per heavy atom. The minimum absolute atomic E-state index is 0.0233. The monoisotopic (exact) mass is 403 g/mol. The van der Waals surface area contributed by atoms with Gasteiger partial charge in [-0.2, -0.15) is 13.2 Å². The molecule has 4 rings (SSSR count). The predicted molar refractivity (Wildman–Crippen MR) is 99.2 cm³/mol. The van der Waals surface area contributed by atoms with Gasteiger partial charge in [0.05, 0.1) is 5.69 Å². The van der Waals surface area contributed by atoms with Gasteiger partial charge in [-0.15, -0.1) is 0 Å². The van der Waals surface area contributed by atoms with Crippen LogP contribution in [0.1, 0.15) is 16.1 Å². The van der Waals surface area contributed by atoms with Crippen molar-refractivity contribution in [3.05, 3.63) is 66.0 Å². The summed E-state index contributed by atoms with van der Waals surface area (Å²) in [6.07, 6.45) is -2.41. The third-order valence-electron chi connectivity index (χ3n) is 4.19. The largest absolute Gasteiger partial charge is 0.490 e. The number of hydrogen-bond donors (Lipinski definition) is 3. The zero-order valence-electron chi connectivity index (χ0n) is 15.0. The summed E-state index contributed by atoms with van der Waals surface area (Å²) in [6.45, 7) is 0.703. The van der Waals surface area contributed by atoms with Crippen LogP contribution in [0, 0.1) is 0 Å². The highest BCUT2D eigenvalue weighted by atomic mass is 19.4. The van der Waals surface area contributed by atoms with Crippen molar-refractivity contribution in [1.29, 1.82) is 0 Å². The number of rotatable bonds is 2. The van der Waals surface area contributed by atoms with Gasteiger partial charge in [0.1, 0.15) is 5.69 Å². The molecule has 0 fully saturated rings. The second-order valence-corrected chi connectivity index (χ2v) is 6.19. The lowest BCUT2D eigenvalue weighted by atomic mass is 10.1. The summed E-state index contributed by atoms with van der Waals surface area (Å²) in [5.41, 5.74) is 5.77. The van der Waals surface area contributed by atoms with Gasteiger partial charge in [-0.05, 0) is 30.2 Å². The Bertz CT molecular complexity index is 1030. The normalized spacial score (nSPS) is 13.0. The molecule has 3 aromatic rings. The smallest absolute Gasteiger partial charge is 0.475 e. The van der Waals surface area contributed by atoms with Crippen molar-refractivity contribution >= 4 is 11.9 Å². The fraction of sp³-hybridized carbons (Fsp3) is 0.150. The van der Waals surface area contributed by atoms with Crippen molar-refractivity contribution in [3.63, 3.8) is 0 Å². The number of hydrogen-bond acceptors (Lipinski definition) is 3. The minimum atomic E-state index is -5.08. The maximum absolute atomic E-state index is 11.9. The molecule has 6 nitrogen and oxygen atoms in total. The Morgan fingerprint density at radius 2 is 1.76 bits per heavy atom. The summed E-state index contributed by atoms with van der Waals surface area (Å²) in [5, 5.41) is 9.98. The quantitative estimate of drug-likeness (QED) is 0.609. The van der Waals surface area contributed by atoms with E-state index in [2.05, 4.69) is 21.4 Å². The van der Waals surface area contributed by atoms with Crippen LogP contribution in [-0.4, -0.2) is 39.7 Å². The fourth-order valence-electron chi connectivity index (χ4n) is 2.82. The number of aromatic nitrogens is 2. The van der Waals surface area contributed by atoms with Crippen molar-refractivity contribution in [2.75, 3.05) is 6.54 Å². The summed E-state index contributed by atoms with van der Waals surface area (Å²) in [4.78, 5) is 28.4. The number of H-pyrrole nitrogens is 1. The van der Waals surface area contributed by atoms with E-state index in [0.717, 1.165) is 34.5 Å². The van der Waals surface area contributed by atoms with Crippen LogP contribution in [0.5, 0.6) is 0 Å². The first-order valence-electron chi connectivity index (χ1n) is 8.58. The van der Waals surface area contributed by atoms with Crippen LogP contribution in [0.25, 0.3) is 22.5 Å². The molecular formula is C20H16F3N3O3. The van der Waals surface area contributed by atoms with Crippen LogP contribution in [-0.2, 0) is 11.2 Å². The van der Waals surface area contributed by atoms with E-state index in [1.54, 1.807) is 6.20 Å². The van der Waals surface area contributed by atoms with Crippen molar-refractivity contribution in [3.8, 4) is 22.5 Å². The molecule has 0 aliphatic carbocycles. The fourth-order valence-corrected chi connectivity index (χ4v) is 2.82. The zero-order valence-corrected chi connectivity index (χ0v) is 15.0. The summed E-state index contributed by atoms with van der Waals surface area (Å²) in [6, 6.07) is 16.1. The number of alkyl halides is 3. The van der Waals surface area contributed by atoms with Crippen LogP contribution in [0.2, 0.25) is 0 Å². The molecule has 3 N–H and O–H groups in total. The molecule has 0 saturated carbocycles. The van der Waals surface area contributed by atoms with Crippen molar-refractivity contribution in [1.82, 2.24) is 15.3 Å². The maximum atomic E-state index is 11.9. The second kappa shape index (κ2) is 8.17. The third-order valence-corrected chi connectivity index (χ3v) is 4.19. The molecular weight excluding hydrogens is 387 g/mol. The molecule has 9 heteroatoms. The van der Waals surface area contributed by atoms with Crippen molar-refractivity contribution in [2.24, 2.45) is 0 Å². The number of halogens is 3. The zero-order chi connectivity index (χ0) is 21.0. The number of pyridine rings is 1. The van der Waals surface area contributed by atoms with Gasteiger partial charge < -0.3 is 15.4 Å². The lowest BCUT2D eigenvalue weighted by Gasteiger charge is -2.10. The maximum Gasteiger partial charge on any atom is 0.490 e. The van der Waals surface area contributed by atoms with Crippen LogP contribution < -0.4 is 5.32 Å².